The van der Waals surface area contributed by atoms with E-state index in [1.807, 2.05) is 17.8 Å². The van der Waals surface area contributed by atoms with Crippen LogP contribution in [0.15, 0.2) is 64.4 Å². The van der Waals surface area contributed by atoms with Crippen molar-refractivity contribution in [3.8, 4) is 0 Å². The Bertz CT molecular complexity index is 958. The molecular weight excluding hydrogens is 436 g/mol. The fraction of sp³-hybridized carbons (Fsp3) is 0.304. The van der Waals surface area contributed by atoms with Crippen LogP contribution in [-0.2, 0) is 16.0 Å². The lowest BCUT2D eigenvalue weighted by Crippen LogP contribution is -2.46. The molecule has 0 amide bonds. The molecule has 2 N–H and O–H groups in total. The number of rotatable bonds is 3. The van der Waals surface area contributed by atoms with Crippen molar-refractivity contribution in [1.29, 1.82) is 0 Å². The maximum atomic E-state index is 9.55. The average Bonchev–Trinajstić information content (AvgIpc) is 2.90. The lowest BCUT2D eigenvalue weighted by molar-refractivity contribution is -0.134. The van der Waals surface area contributed by atoms with E-state index in [4.69, 9.17) is 21.8 Å². The molecule has 1 unspecified atom stereocenters. The summed E-state index contributed by atoms with van der Waals surface area (Å²) in [5, 5.41) is 16.5. The van der Waals surface area contributed by atoms with E-state index in [9.17, 15) is 9.59 Å². The Hall–Kier alpha value is -2.32. The fourth-order valence-corrected chi connectivity index (χ4v) is 4.98. The molecule has 0 radical (unpaired) electrons. The van der Waals surface area contributed by atoms with Gasteiger partial charge in [0.25, 0.3) is 0 Å². The van der Waals surface area contributed by atoms with E-state index in [0.29, 0.717) is 18.2 Å². The average molecular weight is 461 g/mol. The molecule has 2 heterocycles. The Morgan fingerprint density at radius 3 is 2.29 bits per heavy atom. The van der Waals surface area contributed by atoms with Gasteiger partial charge in [0.05, 0.1) is 0 Å². The molecule has 2 aliphatic rings. The number of likely N-dealkylation sites (N-methyl/N-ethyl adjacent to an activating group) is 1. The van der Waals surface area contributed by atoms with Crippen molar-refractivity contribution in [1.82, 2.24) is 9.80 Å². The first-order valence-electron chi connectivity index (χ1n) is 9.95. The Morgan fingerprint density at radius 1 is 1.00 bits per heavy atom. The Morgan fingerprint density at radius 2 is 1.65 bits per heavy atom. The summed E-state index contributed by atoms with van der Waals surface area (Å²) < 4.78 is 0. The summed E-state index contributed by atoms with van der Waals surface area (Å²) in [6.07, 6.45) is 2.19. The standard InChI is InChI=1S/C19H21ClN2S.C4H4O4/c1-21-8-10-22(11-9-21)17-12-14-4-2-3-5-18(14)23-19-7-6-15(20)13-16(17)19;5-3(6)1-2-4(7)8/h2-7,13,17H,8-12H2,1H3;1-2H,(H,5,6)(H,7,8)/b;2-1-. The van der Waals surface area contributed by atoms with Crippen LogP contribution >= 0.6 is 23.4 Å². The van der Waals surface area contributed by atoms with E-state index in [0.717, 1.165) is 37.6 Å². The Balaban J connectivity index is 0.000000293. The number of carboxylic acids is 2. The number of fused-ring (bicyclic) bond motifs is 2. The summed E-state index contributed by atoms with van der Waals surface area (Å²) in [4.78, 5) is 26.9. The minimum Gasteiger partial charge on any atom is -0.478 e. The number of carbonyl (C=O) groups is 2. The molecule has 0 bridgehead atoms. The third kappa shape index (κ3) is 6.58. The van der Waals surface area contributed by atoms with Gasteiger partial charge in [-0.15, -0.1) is 0 Å². The second-order valence-corrected chi connectivity index (χ2v) is 8.98. The minimum absolute atomic E-state index is 0.425. The zero-order chi connectivity index (χ0) is 22.4. The summed E-state index contributed by atoms with van der Waals surface area (Å²) in [7, 11) is 2.21. The van der Waals surface area contributed by atoms with Crippen LogP contribution in [0.1, 0.15) is 17.2 Å². The van der Waals surface area contributed by atoms with Crippen molar-refractivity contribution >= 4 is 35.3 Å². The highest BCUT2D eigenvalue weighted by Gasteiger charge is 2.29. The molecule has 1 saturated heterocycles. The van der Waals surface area contributed by atoms with Gasteiger partial charge in [0, 0.05) is 59.2 Å². The van der Waals surface area contributed by atoms with E-state index in [1.165, 1.54) is 20.9 Å². The molecule has 2 aliphatic heterocycles. The number of aliphatic carboxylic acids is 2. The van der Waals surface area contributed by atoms with E-state index in [2.05, 4.69) is 53.2 Å². The van der Waals surface area contributed by atoms with E-state index >= 15 is 0 Å². The van der Waals surface area contributed by atoms with E-state index < -0.39 is 11.9 Å². The van der Waals surface area contributed by atoms with Crippen molar-refractivity contribution in [3.05, 3.63) is 70.8 Å². The molecule has 2 aromatic rings. The first-order valence-corrected chi connectivity index (χ1v) is 11.1. The topological polar surface area (TPSA) is 81.1 Å². The van der Waals surface area contributed by atoms with Crippen LogP contribution in [-0.4, -0.2) is 65.2 Å². The Labute approximate surface area is 191 Å². The molecule has 0 aromatic heterocycles. The number of benzene rings is 2. The second-order valence-electron chi connectivity index (χ2n) is 7.46. The highest BCUT2D eigenvalue weighted by molar-refractivity contribution is 7.99. The van der Waals surface area contributed by atoms with Crippen LogP contribution in [0.25, 0.3) is 0 Å². The zero-order valence-electron chi connectivity index (χ0n) is 17.2. The number of carboxylic acid groups (broad SMARTS) is 2. The monoisotopic (exact) mass is 460 g/mol. The van der Waals surface area contributed by atoms with Crippen molar-refractivity contribution in [2.24, 2.45) is 0 Å². The molecule has 6 nitrogen and oxygen atoms in total. The van der Waals surface area contributed by atoms with Gasteiger partial charge < -0.3 is 15.1 Å². The molecule has 2 aromatic carbocycles. The van der Waals surface area contributed by atoms with E-state index in [-0.39, 0.29) is 0 Å². The summed E-state index contributed by atoms with van der Waals surface area (Å²) in [6, 6.07) is 15.6. The van der Waals surface area contributed by atoms with Gasteiger partial charge >= 0.3 is 11.9 Å². The smallest absolute Gasteiger partial charge is 0.328 e. The lowest BCUT2D eigenvalue weighted by atomic mass is 9.96. The molecule has 1 fully saturated rings. The quantitative estimate of drug-likeness (QED) is 0.669. The summed E-state index contributed by atoms with van der Waals surface area (Å²) >= 11 is 8.22. The highest BCUT2D eigenvalue weighted by Crippen LogP contribution is 2.43. The number of piperazine rings is 1. The van der Waals surface area contributed by atoms with Gasteiger partial charge in [-0.1, -0.05) is 41.6 Å². The fourth-order valence-electron chi connectivity index (χ4n) is 3.68. The van der Waals surface area contributed by atoms with Gasteiger partial charge in [-0.25, -0.2) is 9.59 Å². The molecule has 0 spiro atoms. The number of hydrogen-bond acceptors (Lipinski definition) is 5. The molecule has 8 heteroatoms. The Kier molecular flexibility index (Phi) is 8.15. The van der Waals surface area contributed by atoms with Gasteiger partial charge in [0.1, 0.15) is 0 Å². The zero-order valence-corrected chi connectivity index (χ0v) is 18.8. The van der Waals surface area contributed by atoms with Gasteiger partial charge in [-0.3, -0.25) is 4.90 Å². The molecule has 0 saturated carbocycles. The maximum absolute atomic E-state index is 9.55. The van der Waals surface area contributed by atoms with E-state index in [1.54, 1.807) is 0 Å². The number of halogens is 1. The minimum atomic E-state index is -1.26. The predicted molar refractivity (Wildman–Crippen MR) is 122 cm³/mol. The third-order valence-corrected chi connectivity index (χ3v) is 6.73. The SMILES string of the molecule is CN1CCN(C2Cc3ccccc3Sc3ccc(Cl)cc32)CC1.O=C(O)/C=C\C(=O)O. The molecule has 0 aliphatic carbocycles. The molecule has 4 rings (SSSR count). The van der Waals surface area contributed by atoms with Crippen molar-refractivity contribution in [3.63, 3.8) is 0 Å². The predicted octanol–water partition coefficient (Wildman–Crippen LogP) is 4.05. The first-order chi connectivity index (χ1) is 14.8. The van der Waals surface area contributed by atoms with Gasteiger partial charge in [-0.2, -0.15) is 0 Å². The van der Waals surface area contributed by atoms with Crippen LogP contribution in [0, 0.1) is 0 Å². The molecule has 31 heavy (non-hydrogen) atoms. The van der Waals surface area contributed by atoms with Crippen LogP contribution in [0.3, 0.4) is 0 Å². The normalized spacial score (nSPS) is 19.0. The van der Waals surface area contributed by atoms with Gasteiger partial charge in [0.15, 0.2) is 0 Å². The number of nitrogens with zero attached hydrogens (tertiary/aromatic N) is 2. The first kappa shape index (κ1) is 23.3. The van der Waals surface area contributed by atoms with Crippen molar-refractivity contribution in [2.45, 2.75) is 22.3 Å². The van der Waals surface area contributed by atoms with Crippen LogP contribution < -0.4 is 0 Å². The molecule has 164 valence electrons. The van der Waals surface area contributed by atoms with Crippen LogP contribution in [0.5, 0.6) is 0 Å². The summed E-state index contributed by atoms with van der Waals surface area (Å²) in [6.45, 7) is 4.53. The van der Waals surface area contributed by atoms with Crippen LogP contribution in [0.2, 0.25) is 5.02 Å². The lowest BCUT2D eigenvalue weighted by Gasteiger charge is -2.38. The van der Waals surface area contributed by atoms with Crippen molar-refractivity contribution in [2.75, 3.05) is 33.2 Å². The van der Waals surface area contributed by atoms with Gasteiger partial charge in [-0.05, 0) is 48.9 Å². The van der Waals surface area contributed by atoms with Gasteiger partial charge in [0.2, 0.25) is 0 Å². The molecular formula is C23H25ClN2O4S. The summed E-state index contributed by atoms with van der Waals surface area (Å²) in [5.41, 5.74) is 2.84. The third-order valence-electron chi connectivity index (χ3n) is 5.28. The largest absolute Gasteiger partial charge is 0.478 e. The number of hydrogen-bond donors (Lipinski definition) is 2. The molecule has 1 atom stereocenters. The second kappa shape index (κ2) is 10.8. The van der Waals surface area contributed by atoms with Crippen LogP contribution in [0.4, 0.5) is 0 Å². The highest BCUT2D eigenvalue weighted by atomic mass is 35.5. The maximum Gasteiger partial charge on any atom is 0.328 e. The van der Waals surface area contributed by atoms with Crippen molar-refractivity contribution < 1.29 is 19.8 Å². The summed E-state index contributed by atoms with van der Waals surface area (Å²) in [5.74, 6) is -2.51.